The third kappa shape index (κ3) is 5.07. The van der Waals surface area contributed by atoms with Crippen molar-refractivity contribution in [2.75, 3.05) is 24.2 Å². The molecule has 1 aromatic carbocycles. The lowest BCUT2D eigenvalue weighted by Gasteiger charge is -2.25. The van der Waals surface area contributed by atoms with Crippen LogP contribution in [0.2, 0.25) is 0 Å². The number of aliphatic hydroxyl groups excluding tert-OH is 1. The Morgan fingerprint density at radius 3 is 2.75 bits per heavy atom. The Morgan fingerprint density at radius 2 is 2.15 bits per heavy atom. The van der Waals surface area contributed by atoms with Gasteiger partial charge in [-0.05, 0) is 36.1 Å². The summed E-state index contributed by atoms with van der Waals surface area (Å²) < 4.78 is 0. The molecule has 0 bridgehead atoms. The number of hydrogen-bond acceptors (Lipinski definition) is 4. The average molecular weight is 292 g/mol. The van der Waals surface area contributed by atoms with E-state index in [1.54, 1.807) is 11.8 Å². The highest BCUT2D eigenvalue weighted by Gasteiger charge is 2.18. The largest absolute Gasteiger partial charge is 0.396 e. The molecule has 0 spiro atoms. The molecule has 4 heteroatoms. The molecule has 1 aromatic rings. The molecule has 0 radical (unpaired) electrons. The Balaban J connectivity index is 2.78. The topological polar surface area (TPSA) is 56.0 Å². The summed E-state index contributed by atoms with van der Waals surface area (Å²) in [6, 6.07) is 8.25. The van der Waals surface area contributed by atoms with Crippen LogP contribution in [0.3, 0.4) is 0 Å². The number of nitriles is 1. The summed E-state index contributed by atoms with van der Waals surface area (Å²) in [4.78, 5) is 1.04. The van der Waals surface area contributed by atoms with E-state index in [2.05, 4.69) is 32.2 Å². The predicted molar refractivity (Wildman–Crippen MR) is 86.1 cm³/mol. The summed E-state index contributed by atoms with van der Waals surface area (Å²) in [5.74, 6) is 0.958. The second-order valence-electron chi connectivity index (χ2n) is 5.57. The van der Waals surface area contributed by atoms with Crippen molar-refractivity contribution in [3.63, 3.8) is 0 Å². The summed E-state index contributed by atoms with van der Waals surface area (Å²) in [6.07, 6.45) is 1.77. The van der Waals surface area contributed by atoms with Crippen molar-refractivity contribution in [1.82, 2.24) is 0 Å². The molecule has 0 heterocycles. The molecule has 0 aliphatic heterocycles. The number of aliphatic hydroxyl groups is 1. The number of anilines is 1. The molecule has 3 nitrogen and oxygen atoms in total. The molecule has 110 valence electrons. The minimum atomic E-state index is 0.101. The van der Waals surface area contributed by atoms with Gasteiger partial charge in [-0.25, -0.2) is 0 Å². The SMILES string of the molecule is CCSc1cccc(NCC(C)(C)CCCO)c1C#N. The van der Waals surface area contributed by atoms with Crippen LogP contribution < -0.4 is 5.32 Å². The molecule has 0 unspecified atom stereocenters. The highest BCUT2D eigenvalue weighted by molar-refractivity contribution is 7.99. The van der Waals surface area contributed by atoms with Gasteiger partial charge in [-0.1, -0.05) is 26.8 Å². The van der Waals surface area contributed by atoms with Crippen molar-refractivity contribution in [3.05, 3.63) is 23.8 Å². The maximum absolute atomic E-state index is 9.36. The van der Waals surface area contributed by atoms with Crippen molar-refractivity contribution in [1.29, 1.82) is 5.26 Å². The number of nitrogens with zero attached hydrogens (tertiary/aromatic N) is 1. The summed E-state index contributed by atoms with van der Waals surface area (Å²) in [7, 11) is 0. The van der Waals surface area contributed by atoms with Crippen LogP contribution >= 0.6 is 11.8 Å². The quantitative estimate of drug-likeness (QED) is 0.714. The van der Waals surface area contributed by atoms with E-state index in [1.165, 1.54) is 0 Å². The number of rotatable bonds is 8. The van der Waals surface area contributed by atoms with Crippen LogP contribution in [0.5, 0.6) is 0 Å². The van der Waals surface area contributed by atoms with Gasteiger partial charge in [-0.2, -0.15) is 5.26 Å². The van der Waals surface area contributed by atoms with E-state index in [4.69, 9.17) is 5.11 Å². The zero-order valence-corrected chi connectivity index (χ0v) is 13.4. The van der Waals surface area contributed by atoms with Crippen molar-refractivity contribution in [3.8, 4) is 6.07 Å². The van der Waals surface area contributed by atoms with E-state index in [0.717, 1.165) is 41.3 Å². The molecule has 0 aromatic heterocycles. The highest BCUT2D eigenvalue weighted by atomic mass is 32.2. The molecule has 0 aliphatic carbocycles. The predicted octanol–water partition coefficient (Wildman–Crippen LogP) is 3.88. The maximum Gasteiger partial charge on any atom is 0.102 e. The summed E-state index contributed by atoms with van der Waals surface area (Å²) in [5, 5.41) is 21.7. The zero-order valence-electron chi connectivity index (χ0n) is 12.6. The first-order valence-electron chi connectivity index (χ1n) is 7.04. The lowest BCUT2D eigenvalue weighted by atomic mass is 9.88. The van der Waals surface area contributed by atoms with Gasteiger partial charge in [0.05, 0.1) is 11.3 Å². The Hall–Kier alpha value is -1.18. The van der Waals surface area contributed by atoms with E-state index >= 15 is 0 Å². The van der Waals surface area contributed by atoms with E-state index in [9.17, 15) is 5.26 Å². The molecule has 0 aliphatic rings. The first-order chi connectivity index (χ1) is 9.54. The average Bonchev–Trinajstić information content (AvgIpc) is 2.43. The van der Waals surface area contributed by atoms with E-state index in [-0.39, 0.29) is 12.0 Å². The molecule has 0 amide bonds. The van der Waals surface area contributed by atoms with Crippen LogP contribution in [0.1, 0.15) is 39.2 Å². The first-order valence-corrected chi connectivity index (χ1v) is 8.03. The Morgan fingerprint density at radius 1 is 1.40 bits per heavy atom. The fourth-order valence-corrected chi connectivity index (χ4v) is 2.84. The molecule has 0 atom stereocenters. The van der Waals surface area contributed by atoms with E-state index in [0.29, 0.717) is 0 Å². The van der Waals surface area contributed by atoms with Crippen LogP contribution in [0.4, 0.5) is 5.69 Å². The monoisotopic (exact) mass is 292 g/mol. The van der Waals surface area contributed by atoms with Crippen LogP contribution in [0.15, 0.2) is 23.1 Å². The van der Waals surface area contributed by atoms with E-state index in [1.807, 2.05) is 18.2 Å². The second-order valence-corrected chi connectivity index (χ2v) is 6.87. The van der Waals surface area contributed by atoms with Gasteiger partial charge in [0.15, 0.2) is 0 Å². The van der Waals surface area contributed by atoms with Crippen LogP contribution in [-0.4, -0.2) is 24.0 Å². The first kappa shape index (κ1) is 16.9. The number of hydrogen-bond donors (Lipinski definition) is 2. The fraction of sp³-hybridized carbons (Fsp3) is 0.562. The van der Waals surface area contributed by atoms with Gasteiger partial charge in [0, 0.05) is 18.0 Å². The second kappa shape index (κ2) is 8.18. The van der Waals surface area contributed by atoms with Crippen LogP contribution in [-0.2, 0) is 0 Å². The minimum absolute atomic E-state index is 0.101. The van der Waals surface area contributed by atoms with Gasteiger partial charge in [0.25, 0.3) is 0 Å². The van der Waals surface area contributed by atoms with Crippen LogP contribution in [0.25, 0.3) is 0 Å². The van der Waals surface area contributed by atoms with Crippen LogP contribution in [0, 0.1) is 16.7 Å². The Bertz CT molecular complexity index is 466. The lowest BCUT2D eigenvalue weighted by molar-refractivity contribution is 0.248. The summed E-state index contributed by atoms with van der Waals surface area (Å²) in [6.45, 7) is 7.46. The maximum atomic E-state index is 9.36. The van der Waals surface area contributed by atoms with E-state index < -0.39 is 0 Å². The molecule has 2 N–H and O–H groups in total. The summed E-state index contributed by atoms with van der Waals surface area (Å²) >= 11 is 1.69. The lowest BCUT2D eigenvalue weighted by Crippen LogP contribution is -2.23. The van der Waals surface area contributed by atoms with Gasteiger partial charge in [0.2, 0.25) is 0 Å². The van der Waals surface area contributed by atoms with Gasteiger partial charge in [-0.15, -0.1) is 11.8 Å². The standard InChI is InChI=1S/C16H24N2OS/c1-4-20-15-8-5-7-14(13(15)11-17)18-12-16(2,3)9-6-10-19/h5,7-8,18-19H,4,6,9-10,12H2,1-3H3. The summed E-state index contributed by atoms with van der Waals surface area (Å²) in [5.41, 5.74) is 1.74. The fourth-order valence-electron chi connectivity index (χ4n) is 2.05. The third-order valence-electron chi connectivity index (χ3n) is 3.21. The number of nitrogens with one attached hydrogen (secondary N) is 1. The van der Waals surface area contributed by atoms with Crippen molar-refractivity contribution >= 4 is 17.4 Å². The molecule has 0 fully saturated rings. The number of benzene rings is 1. The molecule has 0 saturated heterocycles. The van der Waals surface area contributed by atoms with Gasteiger partial charge in [0.1, 0.15) is 6.07 Å². The van der Waals surface area contributed by atoms with Gasteiger partial charge in [-0.3, -0.25) is 0 Å². The smallest absolute Gasteiger partial charge is 0.102 e. The zero-order chi connectivity index (χ0) is 15.0. The normalized spacial score (nSPS) is 11.2. The highest BCUT2D eigenvalue weighted by Crippen LogP contribution is 2.29. The van der Waals surface area contributed by atoms with Gasteiger partial charge >= 0.3 is 0 Å². The molecular formula is C16H24N2OS. The molecule has 0 saturated carbocycles. The third-order valence-corrected chi connectivity index (χ3v) is 4.15. The number of thioether (sulfide) groups is 1. The van der Waals surface area contributed by atoms with Crippen molar-refractivity contribution < 1.29 is 5.11 Å². The molecular weight excluding hydrogens is 268 g/mol. The minimum Gasteiger partial charge on any atom is -0.396 e. The van der Waals surface area contributed by atoms with Crippen molar-refractivity contribution in [2.45, 2.75) is 38.5 Å². The molecule has 20 heavy (non-hydrogen) atoms. The molecule has 1 rings (SSSR count). The Kier molecular flexibility index (Phi) is 6.90. The van der Waals surface area contributed by atoms with Crippen molar-refractivity contribution in [2.24, 2.45) is 5.41 Å². The van der Waals surface area contributed by atoms with Gasteiger partial charge < -0.3 is 10.4 Å². The Labute approximate surface area is 126 Å².